The van der Waals surface area contributed by atoms with E-state index in [0.29, 0.717) is 6.42 Å². The van der Waals surface area contributed by atoms with Gasteiger partial charge in [-0.3, -0.25) is 4.79 Å². The van der Waals surface area contributed by atoms with Crippen molar-refractivity contribution >= 4 is 11.6 Å². The van der Waals surface area contributed by atoms with E-state index in [-0.39, 0.29) is 11.9 Å². The van der Waals surface area contributed by atoms with Gasteiger partial charge in [-0.1, -0.05) is 42.5 Å². The summed E-state index contributed by atoms with van der Waals surface area (Å²) in [6.07, 6.45) is 1.51. The van der Waals surface area contributed by atoms with Gasteiger partial charge in [0.15, 0.2) is 0 Å². The fourth-order valence-electron chi connectivity index (χ4n) is 2.18. The first kappa shape index (κ1) is 14.1. The van der Waals surface area contributed by atoms with Crippen LogP contribution in [0.1, 0.15) is 17.5 Å². The van der Waals surface area contributed by atoms with Gasteiger partial charge in [0.05, 0.1) is 0 Å². The number of anilines is 1. The molecule has 3 nitrogen and oxygen atoms in total. The highest BCUT2D eigenvalue weighted by Gasteiger charge is 2.14. The number of nitrogens with one attached hydrogen (secondary N) is 1. The van der Waals surface area contributed by atoms with Gasteiger partial charge in [0.25, 0.3) is 0 Å². The van der Waals surface area contributed by atoms with Gasteiger partial charge in [0, 0.05) is 5.69 Å². The van der Waals surface area contributed by atoms with Crippen molar-refractivity contribution < 1.29 is 4.79 Å². The van der Waals surface area contributed by atoms with E-state index in [1.165, 1.54) is 5.56 Å². The molecule has 104 valence electrons. The minimum absolute atomic E-state index is 0.317. The number of benzene rings is 2. The Hall–Kier alpha value is -2.29. The molecule has 1 atom stereocenters. The predicted octanol–water partition coefficient (Wildman–Crippen LogP) is 2.89. The van der Waals surface area contributed by atoms with Gasteiger partial charge < -0.3 is 11.1 Å². The van der Waals surface area contributed by atoms with Crippen molar-refractivity contribution in [1.29, 1.82) is 0 Å². The Bertz CT molecular complexity index is 566. The summed E-state index contributed by atoms with van der Waals surface area (Å²) < 4.78 is 0. The van der Waals surface area contributed by atoms with Crippen LogP contribution in [0.4, 0.5) is 5.69 Å². The normalized spacial score (nSPS) is 11.8. The molecule has 2 aromatic carbocycles. The van der Waals surface area contributed by atoms with Crippen LogP contribution in [0, 0.1) is 6.92 Å². The molecule has 2 rings (SSSR count). The first-order valence-electron chi connectivity index (χ1n) is 6.81. The average Bonchev–Trinajstić information content (AvgIpc) is 2.44. The Morgan fingerprint density at radius 1 is 1.15 bits per heavy atom. The van der Waals surface area contributed by atoms with Crippen molar-refractivity contribution in [3.8, 4) is 0 Å². The highest BCUT2D eigenvalue weighted by Crippen LogP contribution is 2.13. The molecular formula is C17H20N2O. The molecule has 1 amide bonds. The highest BCUT2D eigenvalue weighted by molar-refractivity contribution is 5.83. The summed E-state index contributed by atoms with van der Waals surface area (Å²) in [7, 11) is 0. The quantitative estimate of drug-likeness (QED) is 0.846. The van der Waals surface area contributed by atoms with Crippen LogP contribution in [0.5, 0.6) is 0 Å². The fraction of sp³-hybridized carbons (Fsp3) is 0.235. The zero-order valence-corrected chi connectivity index (χ0v) is 11.7. The SMILES string of the molecule is Cc1cccc(NC(CCc2ccccc2)C(N)=O)c1. The smallest absolute Gasteiger partial charge is 0.239 e. The number of primary amides is 1. The van der Waals surface area contributed by atoms with Crippen molar-refractivity contribution in [3.63, 3.8) is 0 Å². The Morgan fingerprint density at radius 2 is 1.90 bits per heavy atom. The van der Waals surface area contributed by atoms with Crippen molar-refractivity contribution in [2.45, 2.75) is 25.8 Å². The summed E-state index contributed by atoms with van der Waals surface area (Å²) in [5, 5.41) is 3.21. The van der Waals surface area contributed by atoms with Gasteiger partial charge in [0.2, 0.25) is 5.91 Å². The Kier molecular flexibility index (Phi) is 4.77. The molecule has 0 bridgehead atoms. The second-order valence-corrected chi connectivity index (χ2v) is 4.99. The van der Waals surface area contributed by atoms with Gasteiger partial charge in [-0.2, -0.15) is 0 Å². The van der Waals surface area contributed by atoms with Crippen LogP contribution >= 0.6 is 0 Å². The number of carbonyl (C=O) groups is 1. The lowest BCUT2D eigenvalue weighted by Crippen LogP contribution is -2.35. The molecule has 3 heteroatoms. The van der Waals surface area contributed by atoms with Gasteiger partial charge in [-0.15, -0.1) is 0 Å². The van der Waals surface area contributed by atoms with Crippen LogP contribution in [-0.4, -0.2) is 11.9 Å². The largest absolute Gasteiger partial charge is 0.374 e. The van der Waals surface area contributed by atoms with E-state index in [9.17, 15) is 4.79 Å². The number of carbonyl (C=O) groups excluding carboxylic acids is 1. The van der Waals surface area contributed by atoms with E-state index < -0.39 is 0 Å². The zero-order valence-electron chi connectivity index (χ0n) is 11.7. The molecule has 0 spiro atoms. The van der Waals surface area contributed by atoms with Gasteiger partial charge in [-0.05, 0) is 43.0 Å². The third-order valence-corrected chi connectivity index (χ3v) is 3.27. The minimum Gasteiger partial charge on any atom is -0.374 e. The maximum atomic E-state index is 11.6. The van der Waals surface area contributed by atoms with Crippen molar-refractivity contribution in [2.24, 2.45) is 5.73 Å². The third kappa shape index (κ3) is 4.12. The molecule has 0 aliphatic heterocycles. The molecule has 3 N–H and O–H groups in total. The topological polar surface area (TPSA) is 55.1 Å². The molecular weight excluding hydrogens is 248 g/mol. The molecule has 0 saturated carbocycles. The molecule has 0 radical (unpaired) electrons. The molecule has 0 aliphatic carbocycles. The van der Waals surface area contributed by atoms with Gasteiger partial charge in [-0.25, -0.2) is 0 Å². The van der Waals surface area contributed by atoms with E-state index in [2.05, 4.69) is 17.4 Å². The Morgan fingerprint density at radius 3 is 2.55 bits per heavy atom. The fourth-order valence-corrected chi connectivity index (χ4v) is 2.18. The number of rotatable bonds is 6. The molecule has 1 unspecified atom stereocenters. The summed E-state index contributed by atoms with van der Waals surface area (Å²) >= 11 is 0. The van der Waals surface area contributed by atoms with Crippen molar-refractivity contribution in [2.75, 3.05) is 5.32 Å². The molecule has 2 aromatic rings. The highest BCUT2D eigenvalue weighted by atomic mass is 16.1. The third-order valence-electron chi connectivity index (χ3n) is 3.27. The number of aryl methyl sites for hydroxylation is 2. The molecule has 0 fully saturated rings. The number of hydrogen-bond acceptors (Lipinski definition) is 2. The summed E-state index contributed by atoms with van der Waals surface area (Å²) in [6, 6.07) is 17.7. The number of nitrogens with two attached hydrogens (primary N) is 1. The predicted molar refractivity (Wildman–Crippen MR) is 82.5 cm³/mol. The van der Waals surface area contributed by atoms with Crippen LogP contribution in [0.15, 0.2) is 54.6 Å². The maximum absolute atomic E-state index is 11.6. The number of hydrogen-bond donors (Lipinski definition) is 2. The van der Waals surface area contributed by atoms with Crippen molar-refractivity contribution in [1.82, 2.24) is 0 Å². The van der Waals surface area contributed by atoms with E-state index in [1.54, 1.807) is 0 Å². The monoisotopic (exact) mass is 268 g/mol. The number of amides is 1. The lowest BCUT2D eigenvalue weighted by molar-refractivity contribution is -0.118. The first-order valence-corrected chi connectivity index (χ1v) is 6.81. The van der Waals surface area contributed by atoms with Crippen LogP contribution in [0.2, 0.25) is 0 Å². The summed E-state index contributed by atoms with van der Waals surface area (Å²) in [5.41, 5.74) is 8.78. The second kappa shape index (κ2) is 6.75. The van der Waals surface area contributed by atoms with E-state index in [1.807, 2.05) is 49.4 Å². The van der Waals surface area contributed by atoms with Crippen molar-refractivity contribution in [3.05, 3.63) is 65.7 Å². The maximum Gasteiger partial charge on any atom is 0.239 e. The second-order valence-electron chi connectivity index (χ2n) is 4.99. The van der Waals surface area contributed by atoms with Gasteiger partial charge in [0.1, 0.15) is 6.04 Å². The van der Waals surface area contributed by atoms with Crippen LogP contribution in [-0.2, 0) is 11.2 Å². The molecule has 20 heavy (non-hydrogen) atoms. The molecule has 0 heterocycles. The van der Waals surface area contributed by atoms with E-state index in [0.717, 1.165) is 17.7 Å². The van der Waals surface area contributed by atoms with Crippen LogP contribution < -0.4 is 11.1 Å². The summed E-state index contributed by atoms with van der Waals surface area (Å²) in [6.45, 7) is 2.02. The Balaban J connectivity index is 1.99. The summed E-state index contributed by atoms with van der Waals surface area (Å²) in [5.74, 6) is -0.317. The van der Waals surface area contributed by atoms with E-state index in [4.69, 9.17) is 5.73 Å². The van der Waals surface area contributed by atoms with Gasteiger partial charge >= 0.3 is 0 Å². The zero-order chi connectivity index (χ0) is 14.4. The molecule has 0 aliphatic rings. The molecule has 0 aromatic heterocycles. The average molecular weight is 268 g/mol. The van der Waals surface area contributed by atoms with E-state index >= 15 is 0 Å². The Labute approximate surface area is 119 Å². The van der Waals surface area contributed by atoms with Crippen LogP contribution in [0.3, 0.4) is 0 Å². The summed E-state index contributed by atoms with van der Waals surface area (Å²) in [4.78, 5) is 11.6. The molecule has 0 saturated heterocycles. The standard InChI is InChI=1S/C17H20N2O/c1-13-6-5-9-15(12-13)19-16(17(18)20)11-10-14-7-3-2-4-8-14/h2-9,12,16,19H,10-11H2,1H3,(H2,18,20). The van der Waals surface area contributed by atoms with Crippen LogP contribution in [0.25, 0.3) is 0 Å². The lowest BCUT2D eigenvalue weighted by atomic mass is 10.0. The first-order chi connectivity index (χ1) is 9.65. The lowest BCUT2D eigenvalue weighted by Gasteiger charge is -2.17. The minimum atomic E-state index is -0.350.